The largest absolute Gasteiger partial charge is 0.352 e. The summed E-state index contributed by atoms with van der Waals surface area (Å²) in [5, 5.41) is 3.47. The van der Waals surface area contributed by atoms with Gasteiger partial charge in [-0.05, 0) is 74.9 Å². The van der Waals surface area contributed by atoms with E-state index in [0.717, 1.165) is 22.3 Å². The van der Waals surface area contributed by atoms with Gasteiger partial charge in [-0.1, -0.05) is 59.7 Å². The van der Waals surface area contributed by atoms with E-state index < -0.39 is 0 Å². The van der Waals surface area contributed by atoms with Crippen molar-refractivity contribution in [2.45, 2.75) is 66.6 Å². The Balaban J connectivity index is 1.49. The minimum Gasteiger partial charge on any atom is -0.352 e. The third kappa shape index (κ3) is 6.08. The zero-order chi connectivity index (χ0) is 26.5. The molecule has 0 aliphatic rings. The summed E-state index contributed by atoms with van der Waals surface area (Å²) < 4.78 is 3.03. The van der Waals surface area contributed by atoms with E-state index >= 15 is 0 Å². The Morgan fingerprint density at radius 3 is 2.19 bits per heavy atom. The predicted molar refractivity (Wildman–Crippen MR) is 149 cm³/mol. The second-order valence-electron chi connectivity index (χ2n) is 9.94. The summed E-state index contributed by atoms with van der Waals surface area (Å²) in [4.78, 5) is 39.1. The van der Waals surface area contributed by atoms with Gasteiger partial charge in [0.05, 0.1) is 17.4 Å². The lowest BCUT2D eigenvalue weighted by molar-refractivity contribution is -0.121. The predicted octanol–water partition coefficient (Wildman–Crippen LogP) is 4.93. The van der Waals surface area contributed by atoms with Crippen LogP contribution in [-0.2, 0) is 24.4 Å². The van der Waals surface area contributed by atoms with Crippen LogP contribution in [0.3, 0.4) is 0 Å². The van der Waals surface area contributed by atoms with Crippen LogP contribution in [0.15, 0.2) is 70.3 Å². The molecule has 0 aliphatic heterocycles. The fourth-order valence-electron chi connectivity index (χ4n) is 4.89. The number of amides is 1. The molecule has 0 atom stereocenters. The molecule has 0 unspecified atom stereocenters. The van der Waals surface area contributed by atoms with Crippen LogP contribution in [0.4, 0.5) is 0 Å². The van der Waals surface area contributed by atoms with E-state index in [1.165, 1.54) is 15.7 Å². The molecule has 6 heteroatoms. The van der Waals surface area contributed by atoms with Gasteiger partial charge in [-0.3, -0.25) is 18.7 Å². The number of carbonyl (C=O) groups excluding carboxylic acids is 1. The normalized spacial score (nSPS) is 11.1. The Hall–Kier alpha value is -3.93. The molecule has 1 aromatic heterocycles. The quantitative estimate of drug-likeness (QED) is 0.333. The first-order valence-electron chi connectivity index (χ1n) is 12.9. The van der Waals surface area contributed by atoms with Crippen molar-refractivity contribution in [3.8, 4) is 0 Å². The van der Waals surface area contributed by atoms with Crippen LogP contribution in [-0.4, -0.2) is 15.0 Å². The number of fused-ring (bicyclic) bond motifs is 1. The molecular formula is C31H35N3O3. The number of nitrogens with one attached hydrogen (secondary N) is 1. The van der Waals surface area contributed by atoms with E-state index in [1.54, 1.807) is 10.6 Å². The summed E-state index contributed by atoms with van der Waals surface area (Å²) in [6, 6.07) is 19.6. The molecule has 1 N–H and O–H groups in total. The number of para-hydroxylation sites is 1. The highest BCUT2D eigenvalue weighted by atomic mass is 16.2. The number of hydrogen-bond donors (Lipinski definition) is 1. The second-order valence-corrected chi connectivity index (χ2v) is 9.94. The molecule has 0 saturated heterocycles. The Bertz CT molecular complexity index is 1520. The monoisotopic (exact) mass is 497 g/mol. The van der Waals surface area contributed by atoms with E-state index in [4.69, 9.17) is 0 Å². The van der Waals surface area contributed by atoms with Crippen LogP contribution in [0.1, 0.15) is 52.6 Å². The van der Waals surface area contributed by atoms with Gasteiger partial charge in [-0.15, -0.1) is 0 Å². The highest BCUT2D eigenvalue weighted by Gasteiger charge is 2.15. The fraction of sp³-hybridized carbons (Fsp3) is 0.323. The van der Waals surface area contributed by atoms with Gasteiger partial charge < -0.3 is 5.32 Å². The molecular weight excluding hydrogens is 462 g/mol. The molecule has 1 heterocycles. The summed E-state index contributed by atoms with van der Waals surface area (Å²) in [7, 11) is 0. The third-order valence-electron chi connectivity index (χ3n) is 6.93. The summed E-state index contributed by atoms with van der Waals surface area (Å²) in [6.07, 6.45) is 1.51. The van der Waals surface area contributed by atoms with Crippen molar-refractivity contribution in [3.05, 3.63) is 115 Å². The number of hydrogen-bond acceptors (Lipinski definition) is 3. The van der Waals surface area contributed by atoms with Crippen LogP contribution in [0.5, 0.6) is 0 Å². The molecule has 192 valence electrons. The smallest absolute Gasteiger partial charge is 0.331 e. The van der Waals surface area contributed by atoms with Crippen molar-refractivity contribution >= 4 is 16.8 Å². The Labute approximate surface area is 217 Å². The maximum atomic E-state index is 13.6. The molecule has 4 rings (SSSR count). The summed E-state index contributed by atoms with van der Waals surface area (Å²) in [5.74, 6) is -0.0332. The first-order chi connectivity index (χ1) is 17.7. The zero-order valence-electron chi connectivity index (χ0n) is 22.1. The molecule has 0 saturated carbocycles. The van der Waals surface area contributed by atoms with Crippen LogP contribution < -0.4 is 16.6 Å². The van der Waals surface area contributed by atoms with Crippen LogP contribution in [0.2, 0.25) is 0 Å². The van der Waals surface area contributed by atoms with Gasteiger partial charge in [0, 0.05) is 19.5 Å². The van der Waals surface area contributed by atoms with Crippen molar-refractivity contribution in [2.75, 3.05) is 0 Å². The van der Waals surface area contributed by atoms with Crippen molar-refractivity contribution in [3.63, 3.8) is 0 Å². The molecule has 0 bridgehead atoms. The first-order valence-corrected chi connectivity index (χ1v) is 12.9. The van der Waals surface area contributed by atoms with Gasteiger partial charge in [-0.2, -0.15) is 0 Å². The van der Waals surface area contributed by atoms with Gasteiger partial charge in [0.2, 0.25) is 5.91 Å². The van der Waals surface area contributed by atoms with Crippen LogP contribution in [0, 0.1) is 27.7 Å². The van der Waals surface area contributed by atoms with Crippen LogP contribution >= 0.6 is 0 Å². The topological polar surface area (TPSA) is 73.1 Å². The highest BCUT2D eigenvalue weighted by Crippen LogP contribution is 2.19. The van der Waals surface area contributed by atoms with Gasteiger partial charge in [-0.25, -0.2) is 4.79 Å². The minimum absolute atomic E-state index is 0.0332. The number of benzene rings is 3. The maximum Gasteiger partial charge on any atom is 0.331 e. The zero-order valence-corrected chi connectivity index (χ0v) is 22.1. The number of unbranched alkanes of at least 4 members (excludes halogenated alkanes) is 1. The highest BCUT2D eigenvalue weighted by molar-refractivity contribution is 5.78. The average molecular weight is 498 g/mol. The van der Waals surface area contributed by atoms with E-state index in [9.17, 15) is 14.4 Å². The lowest BCUT2D eigenvalue weighted by Crippen LogP contribution is -2.40. The van der Waals surface area contributed by atoms with Gasteiger partial charge in [0.15, 0.2) is 0 Å². The molecule has 4 aromatic rings. The molecule has 0 radical (unpaired) electrons. The number of nitrogens with zero attached hydrogens (tertiary/aromatic N) is 2. The SMILES string of the molecule is Cc1ccc(CNC(=O)CCCCn2c(=O)c3ccccc3n(Cc3c(C)cc(C)cc3C)c2=O)cc1. The lowest BCUT2D eigenvalue weighted by atomic mass is 9.99. The maximum absolute atomic E-state index is 13.6. The number of carbonyl (C=O) groups is 1. The van der Waals surface area contributed by atoms with Crippen molar-refractivity contribution in [2.24, 2.45) is 0 Å². The summed E-state index contributed by atoms with van der Waals surface area (Å²) in [5.41, 5.74) is 6.82. The standard InChI is InChI=1S/C31H35N3O3/c1-21-12-14-25(15-13-21)19-32-29(35)11-7-8-16-33-30(36)26-9-5-6-10-28(26)34(31(33)37)20-27-23(3)17-22(2)18-24(27)4/h5-6,9-10,12-15,17-18H,7-8,11,16,19-20H2,1-4H3,(H,32,35). The Morgan fingerprint density at radius 2 is 1.49 bits per heavy atom. The van der Waals surface area contributed by atoms with Crippen LogP contribution in [0.25, 0.3) is 10.9 Å². The van der Waals surface area contributed by atoms with E-state index in [0.29, 0.717) is 43.3 Å². The van der Waals surface area contributed by atoms with Gasteiger partial charge in [0.1, 0.15) is 0 Å². The summed E-state index contributed by atoms with van der Waals surface area (Å²) in [6.45, 7) is 9.38. The molecule has 0 aliphatic carbocycles. The van der Waals surface area contributed by atoms with E-state index in [-0.39, 0.29) is 23.7 Å². The first kappa shape index (κ1) is 26.1. The van der Waals surface area contributed by atoms with E-state index in [2.05, 4.69) is 38.2 Å². The number of aryl methyl sites for hydroxylation is 4. The molecule has 37 heavy (non-hydrogen) atoms. The Kier molecular flexibility index (Phi) is 8.07. The Morgan fingerprint density at radius 1 is 0.811 bits per heavy atom. The molecule has 1 amide bonds. The third-order valence-corrected chi connectivity index (χ3v) is 6.93. The van der Waals surface area contributed by atoms with Gasteiger partial charge in [0.25, 0.3) is 5.56 Å². The molecule has 0 spiro atoms. The summed E-state index contributed by atoms with van der Waals surface area (Å²) >= 11 is 0. The fourth-order valence-corrected chi connectivity index (χ4v) is 4.89. The van der Waals surface area contributed by atoms with Crippen molar-refractivity contribution < 1.29 is 4.79 Å². The lowest BCUT2D eigenvalue weighted by Gasteiger charge is -2.17. The average Bonchev–Trinajstić information content (AvgIpc) is 2.87. The van der Waals surface area contributed by atoms with Crippen molar-refractivity contribution in [1.29, 1.82) is 0 Å². The number of rotatable bonds is 9. The van der Waals surface area contributed by atoms with E-state index in [1.807, 2.05) is 49.4 Å². The molecule has 0 fully saturated rings. The number of aromatic nitrogens is 2. The van der Waals surface area contributed by atoms with Crippen molar-refractivity contribution in [1.82, 2.24) is 14.5 Å². The molecule has 3 aromatic carbocycles. The van der Waals surface area contributed by atoms with Gasteiger partial charge >= 0.3 is 5.69 Å². The second kappa shape index (κ2) is 11.4. The minimum atomic E-state index is -0.313. The molecule has 6 nitrogen and oxygen atoms in total.